The van der Waals surface area contributed by atoms with Crippen LogP contribution in [-0.2, 0) is 9.53 Å². The molecule has 22 heavy (non-hydrogen) atoms. The molecular formula is C17H15NO4. The fraction of sp³-hybridized carbons (Fsp3) is 0.412. The van der Waals surface area contributed by atoms with E-state index in [0.29, 0.717) is 11.3 Å². The Kier molecular flexibility index (Phi) is 2.03. The monoisotopic (exact) mass is 297 g/mol. The number of rotatable bonds is 0. The molecule has 5 heteroatoms. The lowest BCUT2D eigenvalue weighted by Gasteiger charge is -2.41. The van der Waals surface area contributed by atoms with E-state index in [4.69, 9.17) is 4.74 Å². The van der Waals surface area contributed by atoms with E-state index in [1.807, 2.05) is 19.1 Å². The fourth-order valence-corrected chi connectivity index (χ4v) is 4.73. The van der Waals surface area contributed by atoms with Crippen molar-refractivity contribution in [3.05, 3.63) is 41.5 Å². The Hall–Kier alpha value is -2.14. The van der Waals surface area contributed by atoms with Gasteiger partial charge in [-0.25, -0.2) is 9.69 Å². The van der Waals surface area contributed by atoms with Crippen LogP contribution in [0.1, 0.15) is 22.3 Å². The lowest BCUT2D eigenvalue weighted by molar-refractivity contribution is -0.196. The summed E-state index contributed by atoms with van der Waals surface area (Å²) in [5.41, 5.74) is 1.72. The highest BCUT2D eigenvalue weighted by Crippen LogP contribution is 2.60. The fourth-order valence-electron chi connectivity index (χ4n) is 4.73. The van der Waals surface area contributed by atoms with E-state index in [9.17, 15) is 14.7 Å². The van der Waals surface area contributed by atoms with Crippen LogP contribution in [0.2, 0.25) is 0 Å². The van der Waals surface area contributed by atoms with Gasteiger partial charge in [-0.05, 0) is 37.3 Å². The SMILES string of the molecule is Cc1ccc2c(c1)C(=O)O[C@]1(O)[C@H]3[C@H](C(=O)N21)[C@H]1C=C[C@H]3C1. The van der Waals surface area contributed by atoms with Crippen LogP contribution in [0.4, 0.5) is 5.69 Å². The van der Waals surface area contributed by atoms with E-state index in [1.54, 1.807) is 12.1 Å². The van der Waals surface area contributed by atoms with Gasteiger partial charge in [0.2, 0.25) is 5.91 Å². The number of aryl methyl sites for hydroxylation is 1. The maximum Gasteiger partial charge on any atom is 0.344 e. The summed E-state index contributed by atoms with van der Waals surface area (Å²) in [6.07, 6.45) is 4.96. The molecule has 0 aromatic heterocycles. The third-order valence-electron chi connectivity index (χ3n) is 5.58. The minimum atomic E-state index is -1.84. The number of anilines is 1. The molecule has 1 aromatic carbocycles. The van der Waals surface area contributed by atoms with E-state index in [2.05, 4.69) is 6.08 Å². The first-order valence-electron chi connectivity index (χ1n) is 7.59. The summed E-state index contributed by atoms with van der Waals surface area (Å²) >= 11 is 0. The smallest absolute Gasteiger partial charge is 0.344 e. The van der Waals surface area contributed by atoms with Gasteiger partial charge in [-0.1, -0.05) is 23.8 Å². The van der Waals surface area contributed by atoms with Gasteiger partial charge in [0.1, 0.15) is 0 Å². The first-order chi connectivity index (χ1) is 10.5. The largest absolute Gasteiger partial charge is 0.409 e. The number of ether oxygens (including phenoxy) is 1. The van der Waals surface area contributed by atoms with E-state index < -0.39 is 11.9 Å². The molecule has 5 atom stereocenters. The molecule has 2 aliphatic carbocycles. The molecule has 4 aliphatic rings. The first-order valence-corrected chi connectivity index (χ1v) is 7.59. The van der Waals surface area contributed by atoms with Gasteiger partial charge >= 0.3 is 11.9 Å². The van der Waals surface area contributed by atoms with Gasteiger partial charge < -0.3 is 9.84 Å². The number of benzene rings is 1. The summed E-state index contributed by atoms with van der Waals surface area (Å²) < 4.78 is 5.40. The van der Waals surface area contributed by atoms with Crippen LogP contribution in [0.5, 0.6) is 0 Å². The van der Waals surface area contributed by atoms with Crippen molar-refractivity contribution in [1.29, 1.82) is 0 Å². The van der Waals surface area contributed by atoms with Gasteiger partial charge in [-0.2, -0.15) is 0 Å². The molecule has 1 N–H and O–H groups in total. The summed E-state index contributed by atoms with van der Waals surface area (Å²) in [4.78, 5) is 26.6. The Morgan fingerprint density at radius 3 is 2.86 bits per heavy atom. The zero-order chi connectivity index (χ0) is 15.2. The topological polar surface area (TPSA) is 66.8 Å². The van der Waals surface area contributed by atoms with Crippen LogP contribution in [0.3, 0.4) is 0 Å². The van der Waals surface area contributed by atoms with Gasteiger partial charge in [0.15, 0.2) is 0 Å². The van der Waals surface area contributed by atoms with Gasteiger partial charge in [0.25, 0.3) is 0 Å². The van der Waals surface area contributed by atoms with Crippen LogP contribution in [0, 0.1) is 30.6 Å². The lowest BCUT2D eigenvalue weighted by Crippen LogP contribution is -2.57. The van der Waals surface area contributed by atoms with Crippen molar-refractivity contribution in [2.45, 2.75) is 19.3 Å². The van der Waals surface area contributed by atoms with Crippen molar-refractivity contribution >= 4 is 17.6 Å². The highest BCUT2D eigenvalue weighted by atomic mass is 16.7. The average molecular weight is 297 g/mol. The molecule has 0 unspecified atom stereocenters. The molecule has 0 spiro atoms. The van der Waals surface area contributed by atoms with E-state index in [1.165, 1.54) is 4.90 Å². The summed E-state index contributed by atoms with van der Waals surface area (Å²) in [6.45, 7) is 1.87. The third-order valence-corrected chi connectivity index (χ3v) is 5.58. The summed E-state index contributed by atoms with van der Waals surface area (Å²) in [6, 6.07) is 5.27. The molecule has 1 saturated heterocycles. The number of hydrogen-bond donors (Lipinski definition) is 1. The van der Waals surface area contributed by atoms with Crippen molar-refractivity contribution in [3.63, 3.8) is 0 Å². The number of allylic oxidation sites excluding steroid dienone is 2. The number of carbonyl (C=O) groups excluding carboxylic acids is 2. The molecule has 0 radical (unpaired) electrons. The number of aliphatic hydroxyl groups is 1. The summed E-state index contributed by atoms with van der Waals surface area (Å²) in [7, 11) is 0. The second kappa shape index (κ2) is 3.60. The van der Waals surface area contributed by atoms with Crippen LogP contribution >= 0.6 is 0 Å². The average Bonchev–Trinajstić information content (AvgIpc) is 3.13. The van der Waals surface area contributed by atoms with E-state index in [0.717, 1.165) is 12.0 Å². The molecule has 2 bridgehead atoms. The summed E-state index contributed by atoms with van der Waals surface area (Å²) in [5.74, 6) is -2.96. The third kappa shape index (κ3) is 1.21. The minimum Gasteiger partial charge on any atom is -0.409 e. The number of carbonyl (C=O) groups is 2. The highest BCUT2D eigenvalue weighted by Gasteiger charge is 2.70. The molecule has 5 rings (SSSR count). The normalized spacial score (nSPS) is 40.5. The van der Waals surface area contributed by atoms with Crippen molar-refractivity contribution in [2.24, 2.45) is 23.7 Å². The number of hydrogen-bond acceptors (Lipinski definition) is 4. The molecule has 112 valence electrons. The minimum absolute atomic E-state index is 0.0914. The van der Waals surface area contributed by atoms with Crippen LogP contribution in [-0.4, -0.2) is 22.9 Å². The van der Waals surface area contributed by atoms with E-state index in [-0.39, 0.29) is 29.6 Å². The van der Waals surface area contributed by atoms with E-state index >= 15 is 0 Å². The van der Waals surface area contributed by atoms with Gasteiger partial charge in [-0.3, -0.25) is 4.79 Å². The molecule has 1 amide bonds. The second-order valence-corrected chi connectivity index (χ2v) is 6.74. The molecule has 1 aromatic rings. The first kappa shape index (κ1) is 12.4. The lowest BCUT2D eigenvalue weighted by atomic mass is 9.83. The predicted molar refractivity (Wildman–Crippen MR) is 76.7 cm³/mol. The quantitative estimate of drug-likeness (QED) is 0.583. The summed E-state index contributed by atoms with van der Waals surface area (Å²) in [5, 5.41) is 11.1. The molecule has 2 aliphatic heterocycles. The Balaban J connectivity index is 1.73. The predicted octanol–water partition coefficient (Wildman–Crippen LogP) is 1.60. The number of esters is 1. The molecule has 1 saturated carbocycles. The standard InChI is InChI=1S/C17H15NO4/c1-8-2-5-12-11(6-8)16(20)22-17(21)14-10-4-3-9(7-10)13(14)15(19)18(12)17/h2-6,9-10,13-14,21H,7H2,1H3/t9-,10-,13+,14+,17+/m0/s1. The Morgan fingerprint density at radius 2 is 2.05 bits per heavy atom. The second-order valence-electron chi connectivity index (χ2n) is 6.74. The van der Waals surface area contributed by atoms with Crippen LogP contribution in [0.15, 0.2) is 30.4 Å². The van der Waals surface area contributed by atoms with Gasteiger partial charge in [0.05, 0.1) is 23.1 Å². The van der Waals surface area contributed by atoms with Crippen molar-refractivity contribution in [2.75, 3.05) is 4.90 Å². The Bertz CT molecular complexity index is 770. The van der Waals surface area contributed by atoms with Gasteiger partial charge in [0, 0.05) is 0 Å². The zero-order valence-corrected chi connectivity index (χ0v) is 12.0. The van der Waals surface area contributed by atoms with Crippen molar-refractivity contribution in [1.82, 2.24) is 0 Å². The molecule has 2 heterocycles. The highest BCUT2D eigenvalue weighted by molar-refractivity contribution is 6.08. The van der Waals surface area contributed by atoms with Gasteiger partial charge in [-0.15, -0.1) is 0 Å². The molecule has 2 fully saturated rings. The maximum absolute atomic E-state index is 12.9. The number of nitrogens with zero attached hydrogens (tertiary/aromatic N) is 1. The Labute approximate surface area is 127 Å². The molecular weight excluding hydrogens is 282 g/mol. The maximum atomic E-state index is 12.9. The zero-order valence-electron chi connectivity index (χ0n) is 12.0. The van der Waals surface area contributed by atoms with Crippen molar-refractivity contribution in [3.8, 4) is 0 Å². The number of fused-ring (bicyclic) bond motifs is 9. The number of amides is 1. The van der Waals surface area contributed by atoms with Crippen molar-refractivity contribution < 1.29 is 19.4 Å². The van der Waals surface area contributed by atoms with Crippen LogP contribution in [0.25, 0.3) is 0 Å². The molecule has 5 nitrogen and oxygen atoms in total. The Morgan fingerprint density at radius 1 is 1.27 bits per heavy atom. The van der Waals surface area contributed by atoms with Crippen LogP contribution < -0.4 is 4.90 Å².